The molecule has 0 aliphatic carbocycles. The Morgan fingerprint density at radius 2 is 1.95 bits per heavy atom. The lowest BCUT2D eigenvalue weighted by Crippen LogP contribution is -1.91. The number of carbonyl (C=O) groups is 1. The van der Waals surface area contributed by atoms with Crippen LogP contribution in [0.3, 0.4) is 0 Å². The first-order chi connectivity index (χ1) is 9.56. The van der Waals surface area contributed by atoms with Crippen molar-refractivity contribution in [3.63, 3.8) is 0 Å². The molecule has 0 fully saturated rings. The monoisotopic (exact) mass is 270 g/mol. The van der Waals surface area contributed by atoms with Crippen LogP contribution in [0.4, 0.5) is 0 Å². The number of aromatic hydroxyl groups is 2. The number of nitrogens with one attached hydrogen (secondary N) is 2. The third-order valence-electron chi connectivity index (χ3n) is 3.33. The van der Waals surface area contributed by atoms with E-state index in [1.807, 2.05) is 30.3 Å². The van der Waals surface area contributed by atoms with Gasteiger partial charge in [0.05, 0.1) is 5.69 Å². The molecule has 5 heteroatoms. The summed E-state index contributed by atoms with van der Waals surface area (Å²) in [6.45, 7) is 1.30. The van der Waals surface area contributed by atoms with Gasteiger partial charge in [0.15, 0.2) is 11.5 Å². The van der Waals surface area contributed by atoms with Gasteiger partial charge in [0, 0.05) is 17.6 Å². The lowest BCUT2D eigenvalue weighted by atomic mass is 10.1. The highest BCUT2D eigenvalue weighted by Gasteiger charge is 2.20. The highest BCUT2D eigenvalue weighted by atomic mass is 16.3. The van der Waals surface area contributed by atoms with Crippen LogP contribution in [0.25, 0.3) is 10.9 Å². The minimum absolute atomic E-state index is 0.0592. The molecule has 5 nitrogen and oxygen atoms in total. The number of Topliss-reactive ketones (excluding diaryl/α,β-unsaturated/α-hetero) is 1. The number of benzene rings is 1. The maximum absolute atomic E-state index is 11.3. The first-order valence-corrected chi connectivity index (χ1v) is 6.26. The number of H-pyrrole nitrogens is 2. The molecular weight excluding hydrogens is 256 g/mol. The second kappa shape index (κ2) is 4.45. The fraction of sp³-hybridized carbons (Fsp3) is 0.133. The van der Waals surface area contributed by atoms with E-state index in [1.54, 1.807) is 0 Å². The van der Waals surface area contributed by atoms with Crippen LogP contribution in [-0.4, -0.2) is 26.0 Å². The average molecular weight is 270 g/mol. The number of carbonyl (C=O) groups excluding carboxylic acids is 1. The summed E-state index contributed by atoms with van der Waals surface area (Å²) in [5.74, 6) is -0.853. The van der Waals surface area contributed by atoms with E-state index < -0.39 is 0 Å². The summed E-state index contributed by atoms with van der Waals surface area (Å²) in [5.41, 5.74) is 2.25. The normalized spacial score (nSPS) is 11.1. The standard InChI is InChI=1S/C15H14N2O3/c1-8(18)13-14(19)12(17-15(13)20)7-10-6-9-4-2-3-5-11(9)16-10/h2-6,16-17,19-20H,7H2,1H3. The molecule has 4 N–H and O–H groups in total. The van der Waals surface area contributed by atoms with Crippen molar-refractivity contribution in [2.45, 2.75) is 13.3 Å². The van der Waals surface area contributed by atoms with E-state index >= 15 is 0 Å². The van der Waals surface area contributed by atoms with Gasteiger partial charge in [0.2, 0.25) is 5.88 Å². The maximum atomic E-state index is 11.3. The van der Waals surface area contributed by atoms with Crippen LogP contribution < -0.4 is 0 Å². The van der Waals surface area contributed by atoms with Crippen molar-refractivity contribution in [2.75, 3.05) is 0 Å². The molecule has 0 aliphatic rings. The van der Waals surface area contributed by atoms with Crippen LogP contribution in [0, 0.1) is 0 Å². The lowest BCUT2D eigenvalue weighted by Gasteiger charge is -1.97. The van der Waals surface area contributed by atoms with Crippen molar-refractivity contribution >= 4 is 16.7 Å². The van der Waals surface area contributed by atoms with E-state index in [-0.39, 0.29) is 23.0 Å². The number of para-hydroxylation sites is 1. The first kappa shape index (κ1) is 12.3. The fourth-order valence-electron chi connectivity index (χ4n) is 2.41. The Morgan fingerprint density at radius 3 is 2.60 bits per heavy atom. The number of aromatic nitrogens is 2. The van der Waals surface area contributed by atoms with Crippen molar-refractivity contribution in [2.24, 2.45) is 0 Å². The Morgan fingerprint density at radius 1 is 1.20 bits per heavy atom. The number of fused-ring (bicyclic) bond motifs is 1. The molecule has 2 aromatic heterocycles. The zero-order chi connectivity index (χ0) is 14.3. The second-order valence-corrected chi connectivity index (χ2v) is 4.79. The van der Waals surface area contributed by atoms with E-state index in [9.17, 15) is 15.0 Å². The molecule has 20 heavy (non-hydrogen) atoms. The number of hydrogen-bond donors (Lipinski definition) is 4. The average Bonchev–Trinajstić information content (AvgIpc) is 2.90. The molecule has 2 heterocycles. The number of rotatable bonds is 3. The maximum Gasteiger partial charge on any atom is 0.203 e. The van der Waals surface area contributed by atoms with Gasteiger partial charge in [0.1, 0.15) is 5.56 Å². The Labute approximate surface area is 114 Å². The SMILES string of the molecule is CC(=O)c1c(O)[nH]c(Cc2cc3ccccc3[nH]2)c1O. The summed E-state index contributed by atoms with van der Waals surface area (Å²) >= 11 is 0. The van der Waals surface area contributed by atoms with Crippen LogP contribution in [0.1, 0.15) is 28.7 Å². The molecule has 0 saturated heterocycles. The van der Waals surface area contributed by atoms with Crippen LogP contribution >= 0.6 is 0 Å². The molecular formula is C15H14N2O3. The Hall–Kier alpha value is -2.69. The van der Waals surface area contributed by atoms with Crippen molar-refractivity contribution < 1.29 is 15.0 Å². The van der Waals surface area contributed by atoms with E-state index in [0.29, 0.717) is 12.1 Å². The third kappa shape index (κ3) is 1.93. The second-order valence-electron chi connectivity index (χ2n) is 4.79. The molecule has 0 unspecified atom stereocenters. The van der Waals surface area contributed by atoms with E-state index in [0.717, 1.165) is 16.6 Å². The smallest absolute Gasteiger partial charge is 0.203 e. The molecule has 3 aromatic rings. The third-order valence-corrected chi connectivity index (χ3v) is 3.33. The van der Waals surface area contributed by atoms with Crippen molar-refractivity contribution in [1.82, 2.24) is 9.97 Å². The van der Waals surface area contributed by atoms with Gasteiger partial charge in [-0.3, -0.25) is 4.79 Å². The largest absolute Gasteiger partial charge is 0.505 e. The van der Waals surface area contributed by atoms with Crippen LogP contribution in [0.5, 0.6) is 11.6 Å². The minimum atomic E-state index is -0.376. The summed E-state index contributed by atoms with van der Waals surface area (Å²) in [4.78, 5) is 17.2. The van der Waals surface area contributed by atoms with Gasteiger partial charge in [-0.05, 0) is 24.4 Å². The molecule has 0 saturated carbocycles. The van der Waals surface area contributed by atoms with Gasteiger partial charge >= 0.3 is 0 Å². The van der Waals surface area contributed by atoms with Crippen molar-refractivity contribution in [3.05, 3.63) is 47.3 Å². The van der Waals surface area contributed by atoms with Crippen LogP contribution in [0.15, 0.2) is 30.3 Å². The number of aromatic amines is 2. The predicted octanol–water partition coefficient (Wildman–Crippen LogP) is 2.70. The first-order valence-electron chi connectivity index (χ1n) is 6.26. The number of hydrogen-bond acceptors (Lipinski definition) is 3. The molecule has 102 valence electrons. The minimum Gasteiger partial charge on any atom is -0.505 e. The zero-order valence-electron chi connectivity index (χ0n) is 10.9. The van der Waals surface area contributed by atoms with Gasteiger partial charge in [-0.25, -0.2) is 0 Å². The Kier molecular flexibility index (Phi) is 2.75. The van der Waals surface area contributed by atoms with Crippen LogP contribution in [-0.2, 0) is 6.42 Å². The van der Waals surface area contributed by atoms with Crippen molar-refractivity contribution in [1.29, 1.82) is 0 Å². The lowest BCUT2D eigenvalue weighted by molar-refractivity contribution is 0.101. The highest BCUT2D eigenvalue weighted by Crippen LogP contribution is 2.32. The van der Waals surface area contributed by atoms with Crippen molar-refractivity contribution in [3.8, 4) is 11.6 Å². The van der Waals surface area contributed by atoms with Gasteiger partial charge < -0.3 is 20.2 Å². The fourth-order valence-corrected chi connectivity index (χ4v) is 2.41. The van der Waals surface area contributed by atoms with Gasteiger partial charge in [0.25, 0.3) is 0 Å². The Balaban J connectivity index is 1.99. The Bertz CT molecular complexity index is 766. The molecule has 3 rings (SSSR count). The molecule has 0 atom stereocenters. The number of ketones is 1. The predicted molar refractivity (Wildman–Crippen MR) is 75.2 cm³/mol. The van der Waals surface area contributed by atoms with Crippen LogP contribution in [0.2, 0.25) is 0 Å². The molecule has 1 aromatic carbocycles. The quantitative estimate of drug-likeness (QED) is 0.552. The summed E-state index contributed by atoms with van der Waals surface area (Å²) in [5, 5.41) is 20.7. The molecule has 0 radical (unpaired) electrons. The summed E-state index contributed by atoms with van der Waals surface area (Å²) < 4.78 is 0. The van der Waals surface area contributed by atoms with E-state index in [4.69, 9.17) is 0 Å². The molecule has 0 aliphatic heterocycles. The van der Waals surface area contributed by atoms with E-state index in [2.05, 4.69) is 9.97 Å². The summed E-state index contributed by atoms with van der Waals surface area (Å²) in [6, 6.07) is 9.81. The van der Waals surface area contributed by atoms with Gasteiger partial charge in [-0.2, -0.15) is 0 Å². The molecule has 0 amide bonds. The summed E-state index contributed by atoms with van der Waals surface area (Å²) in [7, 11) is 0. The van der Waals surface area contributed by atoms with Gasteiger partial charge in [-0.1, -0.05) is 18.2 Å². The molecule has 0 spiro atoms. The topological polar surface area (TPSA) is 89.1 Å². The van der Waals surface area contributed by atoms with E-state index in [1.165, 1.54) is 6.92 Å². The highest BCUT2D eigenvalue weighted by molar-refractivity contribution is 5.99. The summed E-state index contributed by atoms with van der Waals surface area (Å²) in [6.07, 6.45) is 0.376. The van der Waals surface area contributed by atoms with Gasteiger partial charge in [-0.15, -0.1) is 0 Å². The zero-order valence-corrected chi connectivity index (χ0v) is 10.9. The molecule has 0 bridgehead atoms.